The first-order valence-electron chi connectivity index (χ1n) is 5.06. The molecule has 0 heterocycles. The molecule has 1 rings (SSSR count). The van der Waals surface area contributed by atoms with Crippen LogP contribution in [0.25, 0.3) is 0 Å². The van der Waals surface area contributed by atoms with Crippen molar-refractivity contribution in [3.8, 4) is 0 Å². The van der Waals surface area contributed by atoms with Gasteiger partial charge in [0.15, 0.2) is 0 Å². The van der Waals surface area contributed by atoms with E-state index >= 15 is 0 Å². The van der Waals surface area contributed by atoms with Crippen LogP contribution in [0.5, 0.6) is 0 Å². The van der Waals surface area contributed by atoms with Crippen molar-refractivity contribution >= 4 is 11.7 Å². The van der Waals surface area contributed by atoms with Gasteiger partial charge < -0.3 is 20.3 Å². The summed E-state index contributed by atoms with van der Waals surface area (Å²) in [4.78, 5) is 11.4. The highest BCUT2D eigenvalue weighted by molar-refractivity contribution is 5.89. The summed E-state index contributed by atoms with van der Waals surface area (Å²) >= 11 is 0. The first-order valence-corrected chi connectivity index (χ1v) is 5.06. The molecule has 0 aliphatic heterocycles. The van der Waals surface area contributed by atoms with E-state index in [1.165, 1.54) is 12.1 Å². The standard InChI is InChI=1S/C11H14FNO4/c12-9-7-8(1-2-10(9)13)11(15)17-6-5-16-4-3-14/h1-2,7,14H,3-6,13H2. The van der Waals surface area contributed by atoms with E-state index in [2.05, 4.69) is 0 Å². The number of benzene rings is 1. The Morgan fingerprint density at radius 2 is 2.12 bits per heavy atom. The summed E-state index contributed by atoms with van der Waals surface area (Å²) in [5.41, 5.74) is 5.35. The van der Waals surface area contributed by atoms with Crippen LogP contribution in [0.4, 0.5) is 10.1 Å². The number of anilines is 1. The fourth-order valence-electron chi connectivity index (χ4n) is 1.10. The van der Waals surface area contributed by atoms with Crippen molar-refractivity contribution in [1.82, 2.24) is 0 Å². The van der Waals surface area contributed by atoms with E-state index in [-0.39, 0.29) is 37.7 Å². The Bertz CT molecular complexity index is 384. The van der Waals surface area contributed by atoms with Gasteiger partial charge in [-0.3, -0.25) is 0 Å². The van der Waals surface area contributed by atoms with E-state index < -0.39 is 11.8 Å². The molecule has 0 bridgehead atoms. The third-order valence-electron chi connectivity index (χ3n) is 1.93. The fraction of sp³-hybridized carbons (Fsp3) is 0.364. The molecule has 1 aromatic rings. The number of hydrogen-bond donors (Lipinski definition) is 2. The van der Waals surface area contributed by atoms with Crippen LogP contribution in [0.1, 0.15) is 10.4 Å². The van der Waals surface area contributed by atoms with Gasteiger partial charge in [0, 0.05) is 0 Å². The number of nitrogen functional groups attached to an aromatic ring is 1. The van der Waals surface area contributed by atoms with Gasteiger partial charge in [-0.15, -0.1) is 0 Å². The second kappa shape index (κ2) is 6.82. The summed E-state index contributed by atoms with van der Waals surface area (Å²) in [6.45, 7) is 0.333. The van der Waals surface area contributed by atoms with Gasteiger partial charge >= 0.3 is 5.97 Å². The van der Waals surface area contributed by atoms with Crippen molar-refractivity contribution in [3.05, 3.63) is 29.6 Å². The highest BCUT2D eigenvalue weighted by Gasteiger charge is 2.09. The number of hydrogen-bond acceptors (Lipinski definition) is 5. The number of rotatable bonds is 6. The van der Waals surface area contributed by atoms with E-state index in [4.69, 9.17) is 20.3 Å². The van der Waals surface area contributed by atoms with Crippen LogP contribution < -0.4 is 5.73 Å². The fourth-order valence-corrected chi connectivity index (χ4v) is 1.10. The highest BCUT2D eigenvalue weighted by Crippen LogP contribution is 2.12. The molecule has 0 saturated heterocycles. The second-order valence-electron chi connectivity index (χ2n) is 3.21. The lowest BCUT2D eigenvalue weighted by atomic mass is 10.2. The molecular formula is C11H14FNO4. The second-order valence-corrected chi connectivity index (χ2v) is 3.21. The largest absolute Gasteiger partial charge is 0.460 e. The van der Waals surface area contributed by atoms with Crippen molar-refractivity contribution in [2.24, 2.45) is 0 Å². The molecule has 17 heavy (non-hydrogen) atoms. The number of esters is 1. The molecule has 0 aliphatic carbocycles. The number of aliphatic hydroxyl groups excluding tert-OH is 1. The number of nitrogens with two attached hydrogens (primary N) is 1. The van der Waals surface area contributed by atoms with E-state index in [9.17, 15) is 9.18 Å². The van der Waals surface area contributed by atoms with Crippen molar-refractivity contribution in [3.63, 3.8) is 0 Å². The Morgan fingerprint density at radius 3 is 2.76 bits per heavy atom. The SMILES string of the molecule is Nc1ccc(C(=O)OCCOCCO)cc1F. The van der Waals surface area contributed by atoms with E-state index in [1.807, 2.05) is 0 Å². The molecule has 5 nitrogen and oxygen atoms in total. The predicted molar refractivity (Wildman–Crippen MR) is 59.0 cm³/mol. The highest BCUT2D eigenvalue weighted by atomic mass is 19.1. The van der Waals surface area contributed by atoms with Gasteiger partial charge in [-0.2, -0.15) is 0 Å². The van der Waals surface area contributed by atoms with Gasteiger partial charge in [-0.25, -0.2) is 9.18 Å². The molecule has 0 atom stereocenters. The smallest absolute Gasteiger partial charge is 0.338 e. The molecule has 6 heteroatoms. The molecule has 3 N–H and O–H groups in total. The first kappa shape index (κ1) is 13.4. The molecule has 0 unspecified atom stereocenters. The zero-order valence-electron chi connectivity index (χ0n) is 9.19. The molecule has 0 aliphatic rings. The van der Waals surface area contributed by atoms with Crippen molar-refractivity contribution in [2.45, 2.75) is 0 Å². The maximum Gasteiger partial charge on any atom is 0.338 e. The summed E-state index contributed by atoms with van der Waals surface area (Å²) in [5, 5.41) is 8.42. The van der Waals surface area contributed by atoms with Crippen LogP contribution in [0.15, 0.2) is 18.2 Å². The third-order valence-corrected chi connectivity index (χ3v) is 1.93. The average molecular weight is 243 g/mol. The number of aliphatic hydroxyl groups is 1. The molecule has 0 fully saturated rings. The zero-order chi connectivity index (χ0) is 12.7. The molecule has 1 aromatic carbocycles. The van der Waals surface area contributed by atoms with Crippen LogP contribution in [0, 0.1) is 5.82 Å². The maximum atomic E-state index is 13.0. The minimum atomic E-state index is -0.656. The van der Waals surface area contributed by atoms with Crippen LogP contribution >= 0.6 is 0 Å². The minimum absolute atomic E-state index is 0.0205. The van der Waals surface area contributed by atoms with Gasteiger partial charge in [-0.05, 0) is 18.2 Å². The number of carbonyl (C=O) groups excluding carboxylic acids is 1. The summed E-state index contributed by atoms with van der Waals surface area (Å²) in [6, 6.07) is 3.70. The van der Waals surface area contributed by atoms with E-state index in [0.717, 1.165) is 6.07 Å². The molecule has 0 saturated carbocycles. The molecular weight excluding hydrogens is 229 g/mol. The monoisotopic (exact) mass is 243 g/mol. The van der Waals surface area contributed by atoms with Gasteiger partial charge in [0.1, 0.15) is 12.4 Å². The topological polar surface area (TPSA) is 81.8 Å². The number of carbonyl (C=O) groups is 1. The average Bonchev–Trinajstić information content (AvgIpc) is 2.32. The lowest BCUT2D eigenvalue weighted by Gasteiger charge is -2.05. The maximum absolute atomic E-state index is 13.0. The van der Waals surface area contributed by atoms with Gasteiger partial charge in [0.2, 0.25) is 0 Å². The Labute approximate surface area is 97.9 Å². The molecule has 0 radical (unpaired) electrons. The number of ether oxygens (including phenoxy) is 2. The van der Waals surface area contributed by atoms with Gasteiger partial charge in [0.25, 0.3) is 0 Å². The molecule has 94 valence electrons. The van der Waals surface area contributed by atoms with Crippen LogP contribution in [-0.4, -0.2) is 37.5 Å². The minimum Gasteiger partial charge on any atom is -0.460 e. The summed E-state index contributed by atoms with van der Waals surface area (Å²) < 4.78 is 22.8. The summed E-state index contributed by atoms with van der Waals surface area (Å²) in [6.07, 6.45) is 0. The van der Waals surface area contributed by atoms with Crippen LogP contribution in [0.2, 0.25) is 0 Å². The van der Waals surface area contributed by atoms with E-state index in [0.29, 0.717) is 0 Å². The Kier molecular flexibility index (Phi) is 5.38. The van der Waals surface area contributed by atoms with Crippen LogP contribution in [0.3, 0.4) is 0 Å². The predicted octanol–water partition coefficient (Wildman–Crippen LogP) is 0.574. The summed E-state index contributed by atoms with van der Waals surface area (Å²) in [5.74, 6) is -1.30. The van der Waals surface area contributed by atoms with Crippen molar-refractivity contribution in [2.75, 3.05) is 32.2 Å². The first-order chi connectivity index (χ1) is 8.15. The molecule has 0 amide bonds. The Morgan fingerprint density at radius 1 is 1.35 bits per heavy atom. The van der Waals surface area contributed by atoms with E-state index in [1.54, 1.807) is 0 Å². The zero-order valence-corrected chi connectivity index (χ0v) is 9.19. The van der Waals surface area contributed by atoms with Gasteiger partial charge in [0.05, 0.1) is 31.1 Å². The third kappa shape index (κ3) is 4.38. The Balaban J connectivity index is 2.39. The number of halogens is 1. The van der Waals surface area contributed by atoms with Crippen molar-refractivity contribution < 1.29 is 23.8 Å². The van der Waals surface area contributed by atoms with Crippen LogP contribution in [-0.2, 0) is 9.47 Å². The quantitative estimate of drug-likeness (QED) is 0.434. The normalized spacial score (nSPS) is 10.2. The lowest BCUT2D eigenvalue weighted by molar-refractivity contribution is 0.0258. The molecule has 0 spiro atoms. The van der Waals surface area contributed by atoms with Crippen molar-refractivity contribution in [1.29, 1.82) is 0 Å². The summed E-state index contributed by atoms with van der Waals surface area (Å²) in [7, 11) is 0. The lowest BCUT2D eigenvalue weighted by Crippen LogP contribution is -2.12. The Hall–Kier alpha value is -1.66. The van der Waals surface area contributed by atoms with Gasteiger partial charge in [-0.1, -0.05) is 0 Å². The molecule has 0 aromatic heterocycles.